The minimum Gasteiger partial charge on any atom is -0.370 e. The van der Waals surface area contributed by atoms with Gasteiger partial charge in [-0.15, -0.1) is 6.58 Å². The molecule has 0 amide bonds. The highest BCUT2D eigenvalue weighted by Crippen LogP contribution is 2.30. The molecule has 0 rings (SSSR count). The van der Waals surface area contributed by atoms with E-state index in [-0.39, 0.29) is 16.9 Å². The fourth-order valence-electron chi connectivity index (χ4n) is 1.74. The van der Waals surface area contributed by atoms with Gasteiger partial charge in [-0.25, -0.2) is 0 Å². The van der Waals surface area contributed by atoms with E-state index in [0.29, 0.717) is 0 Å². The molecular weight excluding hydrogens is 174 g/mol. The molecule has 3 nitrogen and oxygen atoms in total. The molecule has 0 aliphatic carbocycles. The molecule has 0 aromatic carbocycles. The van der Waals surface area contributed by atoms with Gasteiger partial charge in [-0.05, 0) is 18.3 Å². The first-order valence-corrected chi connectivity index (χ1v) is 5.00. The second-order valence-electron chi connectivity index (χ2n) is 4.99. The molecule has 0 bridgehead atoms. The maximum atomic E-state index is 7.28. The van der Waals surface area contributed by atoms with Crippen molar-refractivity contribution >= 4 is 5.96 Å². The van der Waals surface area contributed by atoms with Crippen molar-refractivity contribution in [1.82, 2.24) is 5.32 Å². The molecule has 0 radical (unpaired) electrons. The summed E-state index contributed by atoms with van der Waals surface area (Å²) < 4.78 is 0. The summed E-state index contributed by atoms with van der Waals surface area (Å²) in [4.78, 5) is 0. The Hall–Kier alpha value is -0.990. The fraction of sp³-hybridized carbons (Fsp3) is 0.727. The predicted octanol–water partition coefficient (Wildman–Crippen LogP) is 2.24. The smallest absolute Gasteiger partial charge is 0.186 e. The Balaban J connectivity index is 4.70. The highest BCUT2D eigenvalue weighted by atomic mass is 15.1. The molecule has 0 fully saturated rings. The monoisotopic (exact) mass is 197 g/mol. The second-order valence-corrected chi connectivity index (χ2v) is 4.99. The van der Waals surface area contributed by atoms with Crippen LogP contribution in [0.5, 0.6) is 0 Å². The Labute approximate surface area is 87.3 Å². The number of nitrogens with one attached hydrogen (secondary N) is 2. The molecule has 82 valence electrons. The summed E-state index contributed by atoms with van der Waals surface area (Å²) in [5, 5.41) is 10.3. The standard InChI is InChI=1S/C11H23N3/c1-6-11(7-2,14-9(12)13)8-10(3,4)5/h6H,1,7-8H2,2-5H3,(H4,12,13,14). The van der Waals surface area contributed by atoms with Crippen molar-refractivity contribution in [2.75, 3.05) is 0 Å². The molecular formula is C11H23N3. The predicted molar refractivity (Wildman–Crippen MR) is 62.3 cm³/mol. The average molecular weight is 197 g/mol. The first-order chi connectivity index (χ1) is 6.24. The van der Waals surface area contributed by atoms with E-state index in [0.717, 1.165) is 12.8 Å². The van der Waals surface area contributed by atoms with Gasteiger partial charge in [0.15, 0.2) is 5.96 Å². The van der Waals surface area contributed by atoms with Crippen LogP contribution in [0.1, 0.15) is 40.5 Å². The zero-order valence-electron chi connectivity index (χ0n) is 9.78. The van der Waals surface area contributed by atoms with Gasteiger partial charge < -0.3 is 11.1 Å². The molecule has 3 heteroatoms. The Kier molecular flexibility index (Phi) is 4.17. The molecule has 0 saturated heterocycles. The summed E-state index contributed by atoms with van der Waals surface area (Å²) in [6, 6.07) is 0. The van der Waals surface area contributed by atoms with Gasteiger partial charge in [-0.1, -0.05) is 33.8 Å². The lowest BCUT2D eigenvalue weighted by Crippen LogP contribution is -2.51. The van der Waals surface area contributed by atoms with Crippen molar-refractivity contribution in [2.24, 2.45) is 11.1 Å². The second kappa shape index (κ2) is 4.49. The molecule has 4 N–H and O–H groups in total. The minimum absolute atomic E-state index is 0.0102. The quantitative estimate of drug-likeness (QED) is 0.368. The van der Waals surface area contributed by atoms with Crippen LogP contribution in [0.3, 0.4) is 0 Å². The van der Waals surface area contributed by atoms with E-state index in [1.54, 1.807) is 0 Å². The summed E-state index contributed by atoms with van der Waals surface area (Å²) in [7, 11) is 0. The van der Waals surface area contributed by atoms with Crippen LogP contribution in [0.15, 0.2) is 12.7 Å². The van der Waals surface area contributed by atoms with Crippen LogP contribution in [0.25, 0.3) is 0 Å². The lowest BCUT2D eigenvalue weighted by Gasteiger charge is -2.36. The first-order valence-electron chi connectivity index (χ1n) is 5.00. The van der Waals surface area contributed by atoms with Crippen LogP contribution in [-0.4, -0.2) is 11.5 Å². The van der Waals surface area contributed by atoms with Gasteiger partial charge in [-0.3, -0.25) is 5.41 Å². The number of guanidine groups is 1. The minimum atomic E-state index is -0.246. The highest BCUT2D eigenvalue weighted by Gasteiger charge is 2.30. The van der Waals surface area contributed by atoms with E-state index in [1.165, 1.54) is 0 Å². The van der Waals surface area contributed by atoms with Crippen LogP contribution in [0, 0.1) is 10.8 Å². The zero-order chi connectivity index (χ0) is 11.4. The zero-order valence-corrected chi connectivity index (χ0v) is 9.78. The van der Waals surface area contributed by atoms with Gasteiger partial charge in [0, 0.05) is 0 Å². The SMILES string of the molecule is C=CC(CC)(CC(C)(C)C)NC(=N)N. The number of nitrogens with two attached hydrogens (primary N) is 1. The fourth-order valence-corrected chi connectivity index (χ4v) is 1.74. The van der Waals surface area contributed by atoms with Crippen molar-refractivity contribution in [3.63, 3.8) is 0 Å². The summed E-state index contributed by atoms with van der Waals surface area (Å²) in [6.07, 6.45) is 3.66. The van der Waals surface area contributed by atoms with Crippen LogP contribution in [0.2, 0.25) is 0 Å². The molecule has 0 heterocycles. The third kappa shape index (κ3) is 4.30. The summed E-state index contributed by atoms with van der Waals surface area (Å²) in [6.45, 7) is 12.4. The van der Waals surface area contributed by atoms with E-state index in [2.05, 4.69) is 39.6 Å². The molecule has 1 atom stereocenters. The Morgan fingerprint density at radius 2 is 2.00 bits per heavy atom. The molecule has 0 aromatic rings. The average Bonchev–Trinajstić information content (AvgIpc) is 1.99. The van der Waals surface area contributed by atoms with Crippen molar-refractivity contribution in [3.05, 3.63) is 12.7 Å². The van der Waals surface area contributed by atoms with E-state index in [9.17, 15) is 0 Å². The van der Waals surface area contributed by atoms with Crippen molar-refractivity contribution in [3.8, 4) is 0 Å². The molecule has 0 aliphatic heterocycles. The Morgan fingerprint density at radius 1 is 1.50 bits per heavy atom. The lowest BCUT2D eigenvalue weighted by atomic mass is 9.78. The maximum absolute atomic E-state index is 7.28. The number of hydrogen-bond donors (Lipinski definition) is 3. The Bertz CT molecular complexity index is 215. The van der Waals surface area contributed by atoms with E-state index < -0.39 is 0 Å². The maximum Gasteiger partial charge on any atom is 0.186 e. The van der Waals surface area contributed by atoms with Crippen LogP contribution < -0.4 is 11.1 Å². The molecule has 0 saturated carbocycles. The van der Waals surface area contributed by atoms with Gasteiger partial charge >= 0.3 is 0 Å². The molecule has 1 unspecified atom stereocenters. The van der Waals surface area contributed by atoms with Crippen molar-refractivity contribution < 1.29 is 0 Å². The van der Waals surface area contributed by atoms with Crippen LogP contribution in [0.4, 0.5) is 0 Å². The van der Waals surface area contributed by atoms with E-state index >= 15 is 0 Å². The van der Waals surface area contributed by atoms with Gasteiger partial charge in [0.1, 0.15) is 0 Å². The molecule has 0 aromatic heterocycles. The highest BCUT2D eigenvalue weighted by molar-refractivity contribution is 5.75. The van der Waals surface area contributed by atoms with Crippen LogP contribution in [-0.2, 0) is 0 Å². The van der Waals surface area contributed by atoms with Crippen LogP contribution >= 0.6 is 0 Å². The van der Waals surface area contributed by atoms with Gasteiger partial charge in [0.05, 0.1) is 5.54 Å². The van der Waals surface area contributed by atoms with E-state index in [1.807, 2.05) is 6.08 Å². The summed E-state index contributed by atoms with van der Waals surface area (Å²) in [5.74, 6) is 0.0102. The molecule has 0 spiro atoms. The van der Waals surface area contributed by atoms with Crippen molar-refractivity contribution in [1.29, 1.82) is 5.41 Å². The largest absolute Gasteiger partial charge is 0.370 e. The Morgan fingerprint density at radius 3 is 2.21 bits per heavy atom. The third-order valence-corrected chi connectivity index (χ3v) is 2.25. The first kappa shape index (κ1) is 13.0. The molecule has 14 heavy (non-hydrogen) atoms. The van der Waals surface area contributed by atoms with Gasteiger partial charge in [0.25, 0.3) is 0 Å². The van der Waals surface area contributed by atoms with Gasteiger partial charge in [0.2, 0.25) is 0 Å². The normalized spacial score (nSPS) is 15.7. The van der Waals surface area contributed by atoms with E-state index in [4.69, 9.17) is 11.1 Å². The van der Waals surface area contributed by atoms with Crippen molar-refractivity contribution in [2.45, 2.75) is 46.1 Å². The lowest BCUT2D eigenvalue weighted by molar-refractivity contribution is 0.268. The van der Waals surface area contributed by atoms with Gasteiger partial charge in [-0.2, -0.15) is 0 Å². The number of rotatable bonds is 4. The topological polar surface area (TPSA) is 61.9 Å². The summed E-state index contributed by atoms with van der Waals surface area (Å²) in [5.41, 5.74) is 5.31. The molecule has 0 aliphatic rings. The third-order valence-electron chi connectivity index (χ3n) is 2.25. The summed E-state index contributed by atoms with van der Waals surface area (Å²) >= 11 is 0. The number of hydrogen-bond acceptors (Lipinski definition) is 1.